The van der Waals surface area contributed by atoms with Crippen molar-refractivity contribution in [3.63, 3.8) is 0 Å². The molecule has 0 spiro atoms. The van der Waals surface area contributed by atoms with Crippen LogP contribution in [0.15, 0.2) is 42.5 Å². The summed E-state index contributed by atoms with van der Waals surface area (Å²) in [5.41, 5.74) is 8.12. The molecule has 5 nitrogen and oxygen atoms in total. The zero-order valence-electron chi connectivity index (χ0n) is 14.3. The van der Waals surface area contributed by atoms with Crippen LogP contribution in [0.25, 0.3) is 0 Å². The number of benzene rings is 2. The predicted octanol–water partition coefficient (Wildman–Crippen LogP) is 3.03. The Morgan fingerprint density at radius 1 is 1.31 bits per heavy atom. The fraction of sp³-hybridized carbons (Fsp3) is 0.263. The molecule has 1 aliphatic rings. The van der Waals surface area contributed by atoms with Crippen molar-refractivity contribution in [3.8, 4) is 0 Å². The SMILES string of the molecule is Cc1cc(C(=O)OCCN)ccc1N1C(=O)CSC1c1ccc(F)cc1. The van der Waals surface area contributed by atoms with Gasteiger partial charge in [-0.3, -0.25) is 9.69 Å². The summed E-state index contributed by atoms with van der Waals surface area (Å²) in [5, 5.41) is -0.225. The van der Waals surface area contributed by atoms with E-state index in [1.807, 2.05) is 6.92 Å². The number of carbonyl (C=O) groups is 2. The summed E-state index contributed by atoms with van der Waals surface area (Å²) >= 11 is 1.49. The molecule has 1 amide bonds. The van der Waals surface area contributed by atoms with Crippen LogP contribution in [-0.4, -0.2) is 30.8 Å². The van der Waals surface area contributed by atoms with Crippen LogP contribution < -0.4 is 10.6 Å². The lowest BCUT2D eigenvalue weighted by Gasteiger charge is -2.26. The van der Waals surface area contributed by atoms with Gasteiger partial charge in [0.05, 0.1) is 11.3 Å². The largest absolute Gasteiger partial charge is 0.461 e. The zero-order chi connectivity index (χ0) is 18.7. The highest BCUT2D eigenvalue weighted by molar-refractivity contribution is 8.00. The molecule has 0 radical (unpaired) electrons. The molecule has 2 N–H and O–H groups in total. The first kappa shape index (κ1) is 18.4. The highest BCUT2D eigenvalue weighted by Crippen LogP contribution is 2.42. The molecule has 7 heteroatoms. The number of ether oxygens (including phenoxy) is 1. The lowest BCUT2D eigenvalue weighted by Crippen LogP contribution is -2.28. The third-order valence-corrected chi connectivity index (χ3v) is 5.28. The standard InChI is InChI=1S/C19H19FN2O3S/c1-12-10-14(19(24)25-9-8-21)4-7-16(12)22-17(23)11-26-18(22)13-2-5-15(20)6-3-13/h2-7,10,18H,8-9,11,21H2,1H3. The van der Waals surface area contributed by atoms with E-state index in [0.29, 0.717) is 11.3 Å². The molecule has 0 aliphatic carbocycles. The quantitative estimate of drug-likeness (QED) is 0.815. The van der Waals surface area contributed by atoms with Crippen LogP contribution in [0.2, 0.25) is 0 Å². The fourth-order valence-electron chi connectivity index (χ4n) is 2.85. The van der Waals surface area contributed by atoms with Gasteiger partial charge in [0.15, 0.2) is 0 Å². The molecule has 1 atom stereocenters. The van der Waals surface area contributed by atoms with Gasteiger partial charge in [0.25, 0.3) is 0 Å². The van der Waals surface area contributed by atoms with E-state index >= 15 is 0 Å². The number of nitrogens with two attached hydrogens (primary N) is 1. The van der Waals surface area contributed by atoms with E-state index in [4.69, 9.17) is 10.5 Å². The zero-order valence-corrected chi connectivity index (χ0v) is 15.1. The number of rotatable bonds is 5. The Hall–Kier alpha value is -2.38. The van der Waals surface area contributed by atoms with Gasteiger partial charge in [-0.25, -0.2) is 9.18 Å². The fourth-order valence-corrected chi connectivity index (χ4v) is 4.02. The number of anilines is 1. The van der Waals surface area contributed by atoms with Crippen LogP contribution >= 0.6 is 11.8 Å². The Balaban J connectivity index is 1.89. The van der Waals surface area contributed by atoms with Crippen molar-refractivity contribution < 1.29 is 18.7 Å². The van der Waals surface area contributed by atoms with Crippen molar-refractivity contribution in [1.82, 2.24) is 0 Å². The van der Waals surface area contributed by atoms with Crippen LogP contribution in [0.5, 0.6) is 0 Å². The van der Waals surface area contributed by atoms with E-state index < -0.39 is 5.97 Å². The van der Waals surface area contributed by atoms with Gasteiger partial charge in [0.1, 0.15) is 17.8 Å². The van der Waals surface area contributed by atoms with Crippen molar-refractivity contribution in [3.05, 3.63) is 65.0 Å². The van der Waals surface area contributed by atoms with E-state index in [0.717, 1.165) is 16.8 Å². The third-order valence-electron chi connectivity index (χ3n) is 4.07. The van der Waals surface area contributed by atoms with E-state index in [-0.39, 0.29) is 30.2 Å². The summed E-state index contributed by atoms with van der Waals surface area (Å²) in [4.78, 5) is 26.1. The molecule has 136 valence electrons. The van der Waals surface area contributed by atoms with Gasteiger partial charge in [-0.1, -0.05) is 12.1 Å². The summed E-state index contributed by atoms with van der Waals surface area (Å²) in [6.07, 6.45) is 0. The first-order valence-corrected chi connectivity index (χ1v) is 9.23. The first-order chi connectivity index (χ1) is 12.5. The van der Waals surface area contributed by atoms with Gasteiger partial charge >= 0.3 is 5.97 Å². The molecule has 1 saturated heterocycles. The molecule has 1 unspecified atom stereocenters. The van der Waals surface area contributed by atoms with Crippen LogP contribution in [0.3, 0.4) is 0 Å². The minimum absolute atomic E-state index is 0.0223. The maximum Gasteiger partial charge on any atom is 0.338 e. The number of hydrogen-bond donors (Lipinski definition) is 1. The van der Waals surface area contributed by atoms with Crippen molar-refractivity contribution in [2.24, 2.45) is 5.73 Å². The highest BCUT2D eigenvalue weighted by atomic mass is 32.2. The summed E-state index contributed by atoms with van der Waals surface area (Å²) in [6, 6.07) is 11.2. The minimum Gasteiger partial charge on any atom is -0.461 e. The van der Waals surface area contributed by atoms with Gasteiger partial charge in [-0.05, 0) is 48.4 Å². The van der Waals surface area contributed by atoms with Gasteiger partial charge in [-0.15, -0.1) is 11.8 Å². The van der Waals surface area contributed by atoms with Crippen LogP contribution in [0.4, 0.5) is 10.1 Å². The van der Waals surface area contributed by atoms with E-state index in [1.165, 1.54) is 23.9 Å². The summed E-state index contributed by atoms with van der Waals surface area (Å²) < 4.78 is 18.2. The molecule has 0 aromatic heterocycles. The predicted molar refractivity (Wildman–Crippen MR) is 99.6 cm³/mol. The maximum atomic E-state index is 13.2. The van der Waals surface area contributed by atoms with Crippen molar-refractivity contribution in [1.29, 1.82) is 0 Å². The topological polar surface area (TPSA) is 72.6 Å². The number of aryl methyl sites for hydroxylation is 1. The summed E-state index contributed by atoms with van der Waals surface area (Å²) in [5.74, 6) is -0.429. The number of carbonyl (C=O) groups excluding carboxylic acids is 2. The van der Waals surface area contributed by atoms with Crippen LogP contribution in [0.1, 0.15) is 26.9 Å². The second-order valence-corrected chi connectivity index (χ2v) is 6.97. The van der Waals surface area contributed by atoms with Gasteiger partial charge in [0.2, 0.25) is 5.91 Å². The van der Waals surface area contributed by atoms with Gasteiger partial charge < -0.3 is 10.5 Å². The number of thioether (sulfide) groups is 1. The molecular weight excluding hydrogens is 355 g/mol. The lowest BCUT2D eigenvalue weighted by molar-refractivity contribution is -0.115. The number of nitrogens with zero attached hydrogens (tertiary/aromatic N) is 1. The van der Waals surface area contributed by atoms with Crippen LogP contribution in [0, 0.1) is 12.7 Å². The second kappa shape index (κ2) is 7.88. The van der Waals surface area contributed by atoms with Crippen molar-refractivity contribution in [2.75, 3.05) is 23.8 Å². The second-order valence-electron chi connectivity index (χ2n) is 5.90. The Bertz CT molecular complexity index is 826. The number of hydrogen-bond acceptors (Lipinski definition) is 5. The van der Waals surface area contributed by atoms with E-state index in [2.05, 4.69) is 0 Å². The molecule has 2 aromatic carbocycles. The molecule has 0 saturated carbocycles. The monoisotopic (exact) mass is 374 g/mol. The van der Waals surface area contributed by atoms with Crippen LogP contribution in [-0.2, 0) is 9.53 Å². The molecule has 3 rings (SSSR count). The minimum atomic E-state index is -0.442. The Morgan fingerprint density at radius 2 is 2.04 bits per heavy atom. The average molecular weight is 374 g/mol. The van der Waals surface area contributed by atoms with E-state index in [9.17, 15) is 14.0 Å². The number of esters is 1. The molecule has 26 heavy (non-hydrogen) atoms. The summed E-state index contributed by atoms with van der Waals surface area (Å²) in [6.45, 7) is 2.27. The smallest absolute Gasteiger partial charge is 0.338 e. The Morgan fingerprint density at radius 3 is 2.69 bits per heavy atom. The molecule has 2 aromatic rings. The molecule has 1 aliphatic heterocycles. The number of amides is 1. The molecule has 0 bridgehead atoms. The molecule has 1 fully saturated rings. The maximum absolute atomic E-state index is 13.2. The lowest BCUT2D eigenvalue weighted by atomic mass is 10.1. The Kier molecular flexibility index (Phi) is 5.58. The number of halogens is 1. The third kappa shape index (κ3) is 3.73. The normalized spacial score (nSPS) is 16.8. The van der Waals surface area contributed by atoms with Crippen molar-refractivity contribution in [2.45, 2.75) is 12.3 Å². The van der Waals surface area contributed by atoms with Gasteiger partial charge in [0, 0.05) is 12.2 Å². The summed E-state index contributed by atoms with van der Waals surface area (Å²) in [7, 11) is 0. The van der Waals surface area contributed by atoms with Gasteiger partial charge in [-0.2, -0.15) is 0 Å². The first-order valence-electron chi connectivity index (χ1n) is 8.18. The molecule has 1 heterocycles. The van der Waals surface area contributed by atoms with Crippen molar-refractivity contribution >= 4 is 29.3 Å². The molecular formula is C19H19FN2O3S. The average Bonchev–Trinajstić information content (AvgIpc) is 3.01. The Labute approximate surface area is 155 Å². The highest BCUT2D eigenvalue weighted by Gasteiger charge is 2.34. The van der Waals surface area contributed by atoms with E-state index in [1.54, 1.807) is 35.2 Å².